The third kappa shape index (κ3) is 4.14. The van der Waals surface area contributed by atoms with Gasteiger partial charge in [0.2, 0.25) is 17.6 Å². The van der Waals surface area contributed by atoms with Crippen molar-refractivity contribution in [2.45, 2.75) is 44.1 Å². The van der Waals surface area contributed by atoms with Crippen LogP contribution in [0.5, 0.6) is 0 Å². The van der Waals surface area contributed by atoms with Crippen molar-refractivity contribution in [1.29, 1.82) is 0 Å². The SMILES string of the molecule is [2H]N1C(=O)CCC([2H])(N2Cc3cc(C([2H])([2H])CC(=O)C(F)(F)c4ccc(Cl)cc4)ccc3C2=O)C1=O. The number of nitrogens with one attached hydrogen (secondary N) is 1. The van der Waals surface area contributed by atoms with Gasteiger partial charge >= 0.3 is 5.92 Å². The molecule has 2 heterocycles. The topological polar surface area (TPSA) is 83.6 Å². The molecular weight excluding hydrogens is 442 g/mol. The summed E-state index contributed by atoms with van der Waals surface area (Å²) in [5.74, 6) is -8.28. The number of nitrogens with zero attached hydrogens (tertiary/aromatic N) is 1. The van der Waals surface area contributed by atoms with Crippen molar-refractivity contribution in [3.63, 3.8) is 0 Å². The van der Waals surface area contributed by atoms with Gasteiger partial charge in [-0.1, -0.05) is 35.9 Å². The minimum absolute atomic E-state index is 0.0588. The van der Waals surface area contributed by atoms with Gasteiger partial charge in [0, 0.05) is 38.3 Å². The summed E-state index contributed by atoms with van der Waals surface area (Å²) in [4.78, 5) is 50.3. The molecule has 3 amide bonds. The molecule has 2 aliphatic rings. The third-order valence-electron chi connectivity index (χ3n) is 5.29. The van der Waals surface area contributed by atoms with Crippen molar-refractivity contribution in [1.82, 2.24) is 10.2 Å². The maximum absolute atomic E-state index is 14.7. The lowest BCUT2D eigenvalue weighted by atomic mass is 9.97. The van der Waals surface area contributed by atoms with Crippen LogP contribution in [-0.2, 0) is 33.2 Å². The molecule has 9 heteroatoms. The number of hydrogen-bond donors (Lipinski definition) is 1. The van der Waals surface area contributed by atoms with Gasteiger partial charge in [0.25, 0.3) is 5.91 Å². The van der Waals surface area contributed by atoms with Gasteiger partial charge in [-0.15, -0.1) is 0 Å². The first-order valence-corrected chi connectivity index (χ1v) is 10.0. The summed E-state index contributed by atoms with van der Waals surface area (Å²) in [6.07, 6.45) is -4.27. The lowest BCUT2D eigenvalue weighted by Gasteiger charge is -2.29. The predicted octanol–water partition coefficient (Wildman–Crippen LogP) is 3.39. The number of carbonyl (C=O) groups excluding carboxylic acids is 4. The monoisotopic (exact) mass is 464 g/mol. The zero-order chi connectivity index (χ0) is 26.6. The Labute approximate surface area is 193 Å². The first-order valence-electron chi connectivity index (χ1n) is 11.6. The maximum atomic E-state index is 14.7. The number of benzene rings is 2. The largest absolute Gasteiger partial charge is 0.330 e. The number of carbonyl (C=O) groups is 4. The van der Waals surface area contributed by atoms with Crippen molar-refractivity contribution in [3.8, 4) is 0 Å². The number of hydrogen-bond acceptors (Lipinski definition) is 4. The normalized spacial score (nSPS) is 23.4. The summed E-state index contributed by atoms with van der Waals surface area (Å²) in [6, 6.07) is 5.84. The Hall–Kier alpha value is -3.13. The number of fused-ring (bicyclic) bond motifs is 1. The number of piperidine rings is 1. The summed E-state index contributed by atoms with van der Waals surface area (Å²) in [6.45, 7) is -0.287. The van der Waals surface area contributed by atoms with Gasteiger partial charge < -0.3 is 4.90 Å². The number of amides is 3. The summed E-state index contributed by atoms with van der Waals surface area (Å²) >= 11 is 5.70. The van der Waals surface area contributed by atoms with Crippen LogP contribution in [0.15, 0.2) is 42.5 Å². The first kappa shape index (κ1) is 17.4. The van der Waals surface area contributed by atoms with Gasteiger partial charge in [-0.05, 0) is 42.1 Å². The van der Waals surface area contributed by atoms with E-state index in [2.05, 4.69) is 0 Å². The zero-order valence-electron chi connectivity index (χ0n) is 20.5. The highest BCUT2D eigenvalue weighted by molar-refractivity contribution is 6.30. The molecule has 1 atom stereocenters. The Morgan fingerprint density at radius 1 is 1.25 bits per heavy atom. The van der Waals surface area contributed by atoms with Gasteiger partial charge in [0.05, 0.1) is 1.37 Å². The molecule has 1 fully saturated rings. The van der Waals surface area contributed by atoms with E-state index in [-0.39, 0.29) is 46.4 Å². The summed E-state index contributed by atoms with van der Waals surface area (Å²) in [5, 5.41) is 0.258. The van der Waals surface area contributed by atoms with Crippen LogP contribution in [0.25, 0.3) is 0 Å². The molecule has 4 rings (SSSR count). The van der Waals surface area contributed by atoms with Crippen molar-refractivity contribution in [2.75, 3.05) is 0 Å². The van der Waals surface area contributed by atoms with Gasteiger partial charge in [-0.3, -0.25) is 24.5 Å². The number of aryl methyl sites for hydroxylation is 1. The fourth-order valence-electron chi connectivity index (χ4n) is 3.58. The molecule has 1 saturated heterocycles. The highest BCUT2D eigenvalue weighted by atomic mass is 35.5. The minimum Gasteiger partial charge on any atom is -0.322 e. The summed E-state index contributed by atoms with van der Waals surface area (Å²) in [7, 11) is 0. The Morgan fingerprint density at radius 2 is 1.97 bits per heavy atom. The number of alkyl halides is 2. The van der Waals surface area contributed by atoms with Crippen LogP contribution in [0.4, 0.5) is 8.78 Å². The molecule has 0 spiro atoms. The fraction of sp³-hybridized carbons (Fsp3) is 0.304. The van der Waals surface area contributed by atoms with E-state index in [4.69, 9.17) is 17.1 Å². The van der Waals surface area contributed by atoms with Gasteiger partial charge in [0.15, 0.2) is 1.41 Å². The van der Waals surface area contributed by atoms with Gasteiger partial charge in [-0.2, -0.15) is 8.78 Å². The average molecular weight is 465 g/mol. The number of halogens is 3. The van der Waals surface area contributed by atoms with Crippen LogP contribution in [-0.4, -0.2) is 34.4 Å². The number of Topliss-reactive ketones (excluding diaryl/α,β-unsaturated/α-hetero) is 1. The Morgan fingerprint density at radius 3 is 2.69 bits per heavy atom. The van der Waals surface area contributed by atoms with E-state index >= 15 is 0 Å². The molecule has 0 saturated carbocycles. The van der Waals surface area contributed by atoms with Crippen molar-refractivity contribution in [3.05, 3.63) is 69.7 Å². The molecule has 2 aromatic carbocycles. The first-order chi connectivity index (χ1) is 16.7. The molecule has 1 N–H and O–H groups in total. The van der Waals surface area contributed by atoms with Crippen LogP contribution in [0.2, 0.25) is 6.43 Å². The molecule has 2 aliphatic heterocycles. The lowest BCUT2D eigenvalue weighted by Crippen LogP contribution is -2.52. The predicted molar refractivity (Wildman–Crippen MR) is 111 cm³/mol. The van der Waals surface area contributed by atoms with Crippen molar-refractivity contribution in [2.24, 2.45) is 0 Å². The standard InChI is InChI=1S/C23H19ClF2N2O4/c24-16-5-3-15(4-6-16)23(25,26)19(29)9-2-13-1-7-17-14(11-13)12-28(22(17)32)18-8-10-20(30)27-21(18)31/h1,3-7,11,18H,2,8-10,12H2,(H,27,30,31)/i2D2,18D/hD. The van der Waals surface area contributed by atoms with E-state index in [1.54, 1.807) is 0 Å². The van der Waals surface area contributed by atoms with Crippen molar-refractivity contribution >= 4 is 35.1 Å². The van der Waals surface area contributed by atoms with Crippen LogP contribution >= 0.6 is 11.6 Å². The third-order valence-corrected chi connectivity index (χ3v) is 5.55. The molecule has 2 aromatic rings. The lowest BCUT2D eigenvalue weighted by molar-refractivity contribution is -0.144. The average Bonchev–Trinajstić information content (AvgIpc) is 3.17. The number of ketones is 1. The number of imide groups is 1. The molecular formula is C23H19ClF2N2O4. The van der Waals surface area contributed by atoms with E-state index in [0.717, 1.165) is 17.0 Å². The second-order valence-corrected chi connectivity index (χ2v) is 7.82. The molecule has 0 aromatic heterocycles. The Kier molecular flexibility index (Phi) is 4.59. The molecule has 1 unspecified atom stereocenters. The molecule has 6 nitrogen and oxygen atoms in total. The van der Waals surface area contributed by atoms with Crippen LogP contribution in [0.3, 0.4) is 0 Å². The van der Waals surface area contributed by atoms with E-state index in [1.807, 2.05) is 0 Å². The van der Waals surface area contributed by atoms with E-state index in [1.165, 1.54) is 30.3 Å². The summed E-state index contributed by atoms with van der Waals surface area (Å²) < 4.78 is 62.0. The zero-order valence-corrected chi connectivity index (χ0v) is 17.3. The van der Waals surface area contributed by atoms with Crippen LogP contribution in [0.1, 0.15) is 50.4 Å². The number of rotatable bonds is 6. The van der Waals surface area contributed by atoms with Gasteiger partial charge in [-0.25, -0.2) is 0 Å². The maximum Gasteiger partial charge on any atom is 0.330 e. The molecule has 0 radical (unpaired) electrons. The molecule has 0 bridgehead atoms. The van der Waals surface area contributed by atoms with Crippen molar-refractivity contribution < 1.29 is 33.5 Å². The highest BCUT2D eigenvalue weighted by Gasteiger charge is 2.41. The van der Waals surface area contributed by atoms with E-state index in [9.17, 15) is 28.0 Å². The Bertz CT molecular complexity index is 1290. The second-order valence-electron chi connectivity index (χ2n) is 7.38. The van der Waals surface area contributed by atoms with E-state index in [0.29, 0.717) is 0 Å². The van der Waals surface area contributed by atoms with Gasteiger partial charge in [0.1, 0.15) is 6.02 Å². The molecule has 166 valence electrons. The second kappa shape index (κ2) is 8.43. The quantitative estimate of drug-likeness (QED) is 0.664. The molecule has 32 heavy (non-hydrogen) atoms. The van der Waals surface area contributed by atoms with E-state index < -0.39 is 53.8 Å². The highest BCUT2D eigenvalue weighted by Crippen LogP contribution is 2.32. The van der Waals surface area contributed by atoms with Crippen LogP contribution in [0, 0.1) is 0 Å². The fourth-order valence-corrected chi connectivity index (χ4v) is 3.70. The summed E-state index contributed by atoms with van der Waals surface area (Å²) in [5.41, 5.74) is -0.462. The Balaban J connectivity index is 1.57. The smallest absolute Gasteiger partial charge is 0.322 e. The van der Waals surface area contributed by atoms with Crippen LogP contribution < -0.4 is 5.31 Å². The minimum atomic E-state index is -3.96. The molecule has 0 aliphatic carbocycles.